The molecular weight excluding hydrogens is 358 g/mol. The molecule has 0 aromatic heterocycles. The van der Waals surface area contributed by atoms with E-state index < -0.39 is 10.9 Å². The normalized spacial score (nSPS) is 14.4. The fourth-order valence-electron chi connectivity index (χ4n) is 3.22. The third kappa shape index (κ3) is 4.46. The van der Waals surface area contributed by atoms with E-state index in [1.807, 2.05) is 11.0 Å². The van der Waals surface area contributed by atoms with Gasteiger partial charge in [0.15, 0.2) is 0 Å². The fourth-order valence-corrected chi connectivity index (χ4v) is 3.22. The SMILES string of the molecule is CC1CCN(c2ccc(C(=O)OCc3ccc(C#N)cc3)cc2[N+](=O)[O-])CC1. The average molecular weight is 379 g/mol. The molecule has 0 saturated carbocycles. The lowest BCUT2D eigenvalue weighted by atomic mass is 9.98. The second-order valence-electron chi connectivity index (χ2n) is 7.02. The number of carbonyl (C=O) groups is 1. The zero-order chi connectivity index (χ0) is 20.1. The number of nitro groups is 1. The molecule has 1 heterocycles. The maximum atomic E-state index is 12.3. The van der Waals surface area contributed by atoms with E-state index in [9.17, 15) is 14.9 Å². The van der Waals surface area contributed by atoms with Crippen LogP contribution in [0.2, 0.25) is 0 Å². The van der Waals surface area contributed by atoms with Crippen molar-refractivity contribution >= 4 is 17.3 Å². The van der Waals surface area contributed by atoms with Crippen molar-refractivity contribution < 1.29 is 14.5 Å². The van der Waals surface area contributed by atoms with Crippen LogP contribution in [0, 0.1) is 27.4 Å². The van der Waals surface area contributed by atoms with Gasteiger partial charge in [-0.25, -0.2) is 4.79 Å². The largest absolute Gasteiger partial charge is 0.457 e. The van der Waals surface area contributed by atoms with Crippen molar-refractivity contribution in [2.24, 2.45) is 5.92 Å². The molecule has 1 aliphatic rings. The van der Waals surface area contributed by atoms with Crippen LogP contribution >= 0.6 is 0 Å². The first-order valence-corrected chi connectivity index (χ1v) is 9.17. The highest BCUT2D eigenvalue weighted by Crippen LogP contribution is 2.32. The van der Waals surface area contributed by atoms with E-state index in [4.69, 9.17) is 10.00 Å². The number of rotatable bonds is 5. The molecule has 144 valence electrons. The van der Waals surface area contributed by atoms with Crippen LogP contribution in [0.4, 0.5) is 11.4 Å². The number of nitro benzene ring substituents is 1. The predicted octanol–water partition coefficient (Wildman–Crippen LogP) is 4.06. The van der Waals surface area contributed by atoms with Gasteiger partial charge in [-0.05, 0) is 48.6 Å². The smallest absolute Gasteiger partial charge is 0.338 e. The predicted molar refractivity (Wildman–Crippen MR) is 104 cm³/mol. The van der Waals surface area contributed by atoms with E-state index in [0.717, 1.165) is 31.5 Å². The summed E-state index contributed by atoms with van der Waals surface area (Å²) in [4.78, 5) is 25.4. The molecule has 0 spiro atoms. The number of hydrogen-bond acceptors (Lipinski definition) is 6. The molecule has 1 fully saturated rings. The van der Waals surface area contributed by atoms with Gasteiger partial charge < -0.3 is 9.64 Å². The lowest BCUT2D eigenvalue weighted by molar-refractivity contribution is -0.384. The molecular formula is C21H21N3O4. The second-order valence-corrected chi connectivity index (χ2v) is 7.02. The van der Waals surface area contributed by atoms with Crippen LogP contribution in [0.5, 0.6) is 0 Å². The fraction of sp³-hybridized carbons (Fsp3) is 0.333. The highest BCUT2D eigenvalue weighted by atomic mass is 16.6. The van der Waals surface area contributed by atoms with Crippen LogP contribution in [0.15, 0.2) is 42.5 Å². The maximum absolute atomic E-state index is 12.3. The van der Waals surface area contributed by atoms with E-state index in [0.29, 0.717) is 17.2 Å². The molecule has 28 heavy (non-hydrogen) atoms. The van der Waals surface area contributed by atoms with Gasteiger partial charge >= 0.3 is 5.97 Å². The van der Waals surface area contributed by atoms with Crippen molar-refractivity contribution in [3.8, 4) is 6.07 Å². The highest BCUT2D eigenvalue weighted by molar-refractivity contribution is 5.91. The molecule has 1 aliphatic heterocycles. The molecule has 0 bridgehead atoms. The monoisotopic (exact) mass is 379 g/mol. The Morgan fingerprint density at radius 1 is 1.25 bits per heavy atom. The maximum Gasteiger partial charge on any atom is 0.338 e. The Balaban J connectivity index is 1.72. The van der Waals surface area contributed by atoms with Gasteiger partial charge in [-0.1, -0.05) is 19.1 Å². The minimum absolute atomic E-state index is 0.0318. The van der Waals surface area contributed by atoms with Crippen LogP contribution in [0.25, 0.3) is 0 Å². The average Bonchev–Trinajstić information content (AvgIpc) is 2.72. The lowest BCUT2D eigenvalue weighted by Gasteiger charge is -2.31. The summed E-state index contributed by atoms with van der Waals surface area (Å²) in [5.74, 6) is -0.00180. The molecule has 7 heteroatoms. The van der Waals surface area contributed by atoms with Gasteiger partial charge in [0.2, 0.25) is 0 Å². The number of benzene rings is 2. The van der Waals surface area contributed by atoms with Crippen LogP contribution in [0.1, 0.15) is 41.3 Å². The first-order valence-electron chi connectivity index (χ1n) is 9.17. The topological polar surface area (TPSA) is 96.5 Å². The van der Waals surface area contributed by atoms with Crippen molar-refractivity contribution in [1.29, 1.82) is 5.26 Å². The number of anilines is 1. The van der Waals surface area contributed by atoms with E-state index >= 15 is 0 Å². The van der Waals surface area contributed by atoms with E-state index in [2.05, 4.69) is 6.92 Å². The minimum atomic E-state index is -0.619. The summed E-state index contributed by atoms with van der Waals surface area (Å²) in [7, 11) is 0. The molecule has 1 saturated heterocycles. The van der Waals surface area contributed by atoms with Gasteiger partial charge in [-0.3, -0.25) is 10.1 Å². The van der Waals surface area contributed by atoms with Gasteiger partial charge in [-0.2, -0.15) is 5.26 Å². The summed E-state index contributed by atoms with van der Waals surface area (Å²) in [6, 6.07) is 13.2. The molecule has 2 aromatic carbocycles. The van der Waals surface area contributed by atoms with Gasteiger partial charge in [0.05, 0.1) is 22.1 Å². The quantitative estimate of drug-likeness (QED) is 0.441. The van der Waals surface area contributed by atoms with E-state index in [1.54, 1.807) is 36.4 Å². The first kappa shape index (κ1) is 19.4. The number of hydrogen-bond donors (Lipinski definition) is 0. The summed E-state index contributed by atoms with van der Waals surface area (Å²) < 4.78 is 5.26. The molecule has 0 amide bonds. The van der Waals surface area contributed by atoms with Gasteiger partial charge in [0.25, 0.3) is 5.69 Å². The van der Waals surface area contributed by atoms with Gasteiger partial charge in [-0.15, -0.1) is 0 Å². The summed E-state index contributed by atoms with van der Waals surface area (Å²) >= 11 is 0. The third-order valence-corrected chi connectivity index (χ3v) is 4.99. The van der Waals surface area contributed by atoms with E-state index in [-0.39, 0.29) is 17.9 Å². The molecule has 7 nitrogen and oxygen atoms in total. The number of nitrogens with zero attached hydrogens (tertiary/aromatic N) is 3. The molecule has 0 radical (unpaired) electrons. The number of nitriles is 1. The van der Waals surface area contributed by atoms with Crippen LogP contribution in [-0.2, 0) is 11.3 Å². The zero-order valence-electron chi connectivity index (χ0n) is 15.6. The summed E-state index contributed by atoms with van der Waals surface area (Å²) in [5.41, 5.74) is 1.87. The van der Waals surface area contributed by atoms with Crippen molar-refractivity contribution in [1.82, 2.24) is 0 Å². The Bertz CT molecular complexity index is 910. The first-order chi connectivity index (χ1) is 13.5. The van der Waals surface area contributed by atoms with Crippen LogP contribution in [0.3, 0.4) is 0 Å². The van der Waals surface area contributed by atoms with Crippen molar-refractivity contribution in [3.63, 3.8) is 0 Å². The van der Waals surface area contributed by atoms with Gasteiger partial charge in [0.1, 0.15) is 12.3 Å². The third-order valence-electron chi connectivity index (χ3n) is 4.99. The molecule has 3 rings (SSSR count). The van der Waals surface area contributed by atoms with Gasteiger partial charge in [0, 0.05) is 19.2 Å². The Hall–Kier alpha value is -3.40. The Morgan fingerprint density at radius 3 is 2.54 bits per heavy atom. The number of ether oxygens (including phenoxy) is 1. The molecule has 2 aromatic rings. The number of carbonyl (C=O) groups excluding carboxylic acids is 1. The van der Waals surface area contributed by atoms with E-state index in [1.165, 1.54) is 6.07 Å². The summed E-state index contributed by atoms with van der Waals surface area (Å²) in [6.07, 6.45) is 1.98. The molecule has 0 aliphatic carbocycles. The number of piperidine rings is 1. The highest BCUT2D eigenvalue weighted by Gasteiger charge is 2.25. The lowest BCUT2D eigenvalue weighted by Crippen LogP contribution is -2.33. The Morgan fingerprint density at radius 2 is 1.93 bits per heavy atom. The van der Waals surface area contributed by atoms with Crippen molar-refractivity contribution in [2.75, 3.05) is 18.0 Å². The molecule has 0 atom stereocenters. The minimum Gasteiger partial charge on any atom is -0.457 e. The van der Waals surface area contributed by atoms with Crippen molar-refractivity contribution in [2.45, 2.75) is 26.4 Å². The second kappa shape index (κ2) is 8.53. The van der Waals surface area contributed by atoms with Crippen molar-refractivity contribution in [3.05, 3.63) is 69.3 Å². The Labute approximate surface area is 163 Å². The molecule has 0 unspecified atom stereocenters. The van der Waals surface area contributed by atoms with Crippen LogP contribution < -0.4 is 4.90 Å². The number of esters is 1. The zero-order valence-corrected chi connectivity index (χ0v) is 15.6. The standard InChI is InChI=1S/C21H21N3O4/c1-15-8-10-23(11-9-15)19-7-6-18(12-20(19)24(26)27)21(25)28-14-17-4-2-16(13-22)3-5-17/h2-7,12,15H,8-11,14H2,1H3. The summed E-state index contributed by atoms with van der Waals surface area (Å²) in [5, 5.41) is 20.3. The summed E-state index contributed by atoms with van der Waals surface area (Å²) in [6.45, 7) is 3.75. The molecule has 0 N–H and O–H groups in total. The Kier molecular flexibility index (Phi) is 5.90. The van der Waals surface area contributed by atoms with Crippen LogP contribution in [-0.4, -0.2) is 24.0 Å².